The van der Waals surface area contributed by atoms with Crippen molar-refractivity contribution in [2.45, 2.75) is 0 Å². The second-order valence-electron chi connectivity index (χ2n) is 3.64. The van der Waals surface area contributed by atoms with E-state index >= 15 is 0 Å². The Balaban J connectivity index is 1.76. The zero-order chi connectivity index (χ0) is 14.0. The van der Waals surface area contributed by atoms with Gasteiger partial charge in [-0.05, 0) is 24.4 Å². The third kappa shape index (κ3) is 4.91. The molecule has 2 N–H and O–H groups in total. The number of hydrogen-bond donors (Lipinski definition) is 2. The summed E-state index contributed by atoms with van der Waals surface area (Å²) in [4.78, 5) is 7.94. The monoisotopic (exact) mass is 284 g/mol. The SMILES string of the molecule is S=C(NN=Cc1cccnc1)NN=Cc1cccnc1. The molecule has 6 nitrogen and oxygen atoms in total. The summed E-state index contributed by atoms with van der Waals surface area (Å²) in [6.45, 7) is 0. The fourth-order valence-corrected chi connectivity index (χ4v) is 1.37. The van der Waals surface area contributed by atoms with Crippen LogP contribution in [0.25, 0.3) is 0 Å². The van der Waals surface area contributed by atoms with Gasteiger partial charge in [-0.3, -0.25) is 20.8 Å². The van der Waals surface area contributed by atoms with Gasteiger partial charge >= 0.3 is 0 Å². The molecule has 0 unspecified atom stereocenters. The summed E-state index contributed by atoms with van der Waals surface area (Å²) in [6, 6.07) is 7.43. The summed E-state index contributed by atoms with van der Waals surface area (Å²) in [5, 5.41) is 8.22. The number of nitrogens with one attached hydrogen (secondary N) is 2. The smallest absolute Gasteiger partial charge is 0.207 e. The molecule has 0 spiro atoms. The number of thiocarbonyl (C=S) groups is 1. The van der Waals surface area contributed by atoms with Crippen LogP contribution in [-0.4, -0.2) is 27.5 Å². The van der Waals surface area contributed by atoms with Crippen LogP contribution in [0.5, 0.6) is 0 Å². The molecule has 0 atom stereocenters. The van der Waals surface area contributed by atoms with Crippen molar-refractivity contribution in [1.29, 1.82) is 0 Å². The summed E-state index contributed by atoms with van der Waals surface area (Å²) < 4.78 is 0. The molecule has 0 fully saturated rings. The van der Waals surface area contributed by atoms with Gasteiger partial charge in [0.25, 0.3) is 0 Å². The van der Waals surface area contributed by atoms with E-state index in [-0.39, 0.29) is 0 Å². The van der Waals surface area contributed by atoms with E-state index in [0.717, 1.165) is 11.1 Å². The number of aromatic nitrogens is 2. The highest BCUT2D eigenvalue weighted by Crippen LogP contribution is 1.90. The minimum absolute atomic E-state index is 0.297. The van der Waals surface area contributed by atoms with E-state index in [9.17, 15) is 0 Å². The Bertz CT molecular complexity index is 543. The summed E-state index contributed by atoms with van der Waals surface area (Å²) in [5.41, 5.74) is 7.05. The number of pyridine rings is 2. The van der Waals surface area contributed by atoms with Gasteiger partial charge in [0, 0.05) is 35.9 Å². The standard InChI is InChI=1S/C13H12N6S/c20-13(18-16-9-11-3-1-5-14-7-11)19-17-10-12-4-2-6-15-8-12/h1-10H,(H2,18,19,20). The number of hydrogen-bond acceptors (Lipinski definition) is 5. The maximum absolute atomic E-state index is 5.00. The van der Waals surface area contributed by atoms with Crippen LogP contribution in [0.1, 0.15) is 11.1 Å². The first-order valence-corrected chi connectivity index (χ1v) is 6.17. The zero-order valence-corrected chi connectivity index (χ0v) is 11.3. The third-order valence-corrected chi connectivity index (χ3v) is 2.31. The maximum atomic E-state index is 5.00. The van der Waals surface area contributed by atoms with Crippen molar-refractivity contribution in [3.8, 4) is 0 Å². The van der Waals surface area contributed by atoms with Crippen LogP contribution in [0.4, 0.5) is 0 Å². The van der Waals surface area contributed by atoms with Gasteiger partial charge in [-0.15, -0.1) is 0 Å². The van der Waals surface area contributed by atoms with E-state index in [1.165, 1.54) is 0 Å². The van der Waals surface area contributed by atoms with E-state index < -0.39 is 0 Å². The third-order valence-electron chi connectivity index (χ3n) is 2.13. The average molecular weight is 284 g/mol. The summed E-state index contributed by atoms with van der Waals surface area (Å²) in [6.07, 6.45) is 10.0. The lowest BCUT2D eigenvalue weighted by Crippen LogP contribution is -2.28. The van der Waals surface area contributed by atoms with E-state index in [2.05, 4.69) is 31.0 Å². The van der Waals surface area contributed by atoms with Crippen LogP contribution < -0.4 is 10.9 Å². The summed E-state index contributed by atoms with van der Waals surface area (Å²) >= 11 is 5.00. The maximum Gasteiger partial charge on any atom is 0.207 e. The zero-order valence-electron chi connectivity index (χ0n) is 10.5. The molecular weight excluding hydrogens is 272 g/mol. The predicted molar refractivity (Wildman–Crippen MR) is 82.5 cm³/mol. The lowest BCUT2D eigenvalue weighted by molar-refractivity contribution is 0.934. The Morgan fingerprint density at radius 2 is 1.45 bits per heavy atom. The van der Waals surface area contributed by atoms with Crippen molar-refractivity contribution in [3.63, 3.8) is 0 Å². The van der Waals surface area contributed by atoms with Crippen LogP contribution in [0.15, 0.2) is 59.3 Å². The van der Waals surface area contributed by atoms with Crippen LogP contribution in [-0.2, 0) is 0 Å². The van der Waals surface area contributed by atoms with E-state index in [0.29, 0.717) is 5.11 Å². The highest BCUT2D eigenvalue weighted by atomic mass is 32.1. The fourth-order valence-electron chi connectivity index (χ4n) is 1.26. The number of rotatable bonds is 4. The molecule has 0 aliphatic rings. The summed E-state index contributed by atoms with van der Waals surface area (Å²) in [5.74, 6) is 0. The number of nitrogens with zero attached hydrogens (tertiary/aromatic N) is 4. The molecule has 2 heterocycles. The molecule has 2 aromatic heterocycles. The minimum atomic E-state index is 0.297. The molecule has 2 aromatic rings. The van der Waals surface area contributed by atoms with Gasteiger partial charge in [0.15, 0.2) is 0 Å². The van der Waals surface area contributed by atoms with Gasteiger partial charge in [0.2, 0.25) is 5.11 Å². The van der Waals surface area contributed by atoms with Crippen molar-refractivity contribution >= 4 is 29.8 Å². The lowest BCUT2D eigenvalue weighted by atomic mass is 10.3. The van der Waals surface area contributed by atoms with Gasteiger partial charge in [0.1, 0.15) is 0 Å². The fraction of sp³-hybridized carbons (Fsp3) is 0. The van der Waals surface area contributed by atoms with Crippen molar-refractivity contribution in [2.24, 2.45) is 10.2 Å². The first-order valence-electron chi connectivity index (χ1n) is 5.77. The van der Waals surface area contributed by atoms with Crippen LogP contribution >= 0.6 is 12.2 Å². The van der Waals surface area contributed by atoms with Gasteiger partial charge in [-0.25, -0.2) is 0 Å². The molecule has 0 amide bonds. The van der Waals surface area contributed by atoms with E-state index in [1.807, 2.05) is 24.3 Å². The van der Waals surface area contributed by atoms with E-state index in [4.69, 9.17) is 12.2 Å². The highest BCUT2D eigenvalue weighted by molar-refractivity contribution is 7.80. The molecule has 0 radical (unpaired) electrons. The molecule has 20 heavy (non-hydrogen) atoms. The first-order chi connectivity index (χ1) is 9.84. The first kappa shape index (κ1) is 13.8. The van der Waals surface area contributed by atoms with Gasteiger partial charge in [0.05, 0.1) is 12.4 Å². The van der Waals surface area contributed by atoms with Crippen LogP contribution in [0, 0.1) is 0 Å². The Morgan fingerprint density at radius 1 is 0.950 bits per heavy atom. The minimum Gasteiger partial charge on any atom is -0.264 e. The average Bonchev–Trinajstić information content (AvgIpc) is 2.49. The second-order valence-corrected chi connectivity index (χ2v) is 4.05. The quantitative estimate of drug-likeness (QED) is 0.503. The van der Waals surface area contributed by atoms with Crippen LogP contribution in [0.2, 0.25) is 0 Å². The molecule has 0 aliphatic carbocycles. The normalized spacial score (nSPS) is 10.8. The molecule has 100 valence electrons. The molecular formula is C13H12N6S. The van der Waals surface area contributed by atoms with Crippen molar-refractivity contribution in [2.75, 3.05) is 0 Å². The highest BCUT2D eigenvalue weighted by Gasteiger charge is 1.90. The molecule has 0 saturated heterocycles. The van der Waals surface area contributed by atoms with Crippen molar-refractivity contribution in [1.82, 2.24) is 20.8 Å². The van der Waals surface area contributed by atoms with Gasteiger partial charge in [-0.1, -0.05) is 12.1 Å². The molecule has 0 aromatic carbocycles. The molecule has 0 bridgehead atoms. The predicted octanol–water partition coefficient (Wildman–Crippen LogP) is 1.31. The van der Waals surface area contributed by atoms with Crippen LogP contribution in [0.3, 0.4) is 0 Å². The van der Waals surface area contributed by atoms with E-state index in [1.54, 1.807) is 37.2 Å². The molecule has 0 saturated carbocycles. The topological polar surface area (TPSA) is 74.6 Å². The Morgan fingerprint density at radius 3 is 1.85 bits per heavy atom. The molecule has 0 aliphatic heterocycles. The lowest BCUT2D eigenvalue weighted by Gasteiger charge is -2.00. The molecule has 2 rings (SSSR count). The van der Waals surface area contributed by atoms with Crippen molar-refractivity contribution < 1.29 is 0 Å². The van der Waals surface area contributed by atoms with Crippen molar-refractivity contribution in [3.05, 3.63) is 60.2 Å². The van der Waals surface area contributed by atoms with Gasteiger partial charge < -0.3 is 0 Å². The second kappa shape index (κ2) is 7.70. The summed E-state index contributed by atoms with van der Waals surface area (Å²) in [7, 11) is 0. The Labute approximate surface area is 121 Å². The van der Waals surface area contributed by atoms with Gasteiger partial charge in [-0.2, -0.15) is 10.2 Å². The Kier molecular flexibility index (Phi) is 5.29. The Hall–Kier alpha value is -2.67. The largest absolute Gasteiger partial charge is 0.264 e. The molecule has 7 heteroatoms. The number of hydrazone groups is 2.